The molecule has 0 saturated heterocycles. The third-order valence-electron chi connectivity index (χ3n) is 10.4. The Kier molecular flexibility index (Phi) is 7.38. The quantitative estimate of drug-likeness (QED) is 0.170. The first-order chi connectivity index (χ1) is 27.7. The number of nitrogens with zero attached hydrogens (tertiary/aromatic N) is 4. The lowest BCUT2D eigenvalue weighted by Gasteiger charge is -2.14. The SMILES string of the molecule is c1ccc(-c2ccc(-c3nc(-c4ccccc4)nc(-c4ccc5c(ccc6c5oc5ccc7nc(-c8ccccc8)oc7c56)c4)n3)c(-c3ccccc3)c2)cc1. The molecule has 6 nitrogen and oxygen atoms in total. The van der Waals surface area contributed by atoms with Crippen molar-refractivity contribution in [3.63, 3.8) is 0 Å². The second-order valence-electron chi connectivity index (χ2n) is 13.8. The van der Waals surface area contributed by atoms with Crippen LogP contribution in [0.25, 0.3) is 112 Å². The second-order valence-corrected chi connectivity index (χ2v) is 13.8. The Hall–Kier alpha value is -7.70. The molecule has 0 aliphatic carbocycles. The van der Waals surface area contributed by atoms with Crippen LogP contribution in [0.3, 0.4) is 0 Å². The van der Waals surface area contributed by atoms with E-state index in [0.717, 1.165) is 82.7 Å². The molecule has 0 bridgehead atoms. The molecule has 0 fully saturated rings. The van der Waals surface area contributed by atoms with E-state index in [2.05, 4.69) is 97.1 Å². The van der Waals surface area contributed by atoms with Crippen LogP contribution in [0.1, 0.15) is 0 Å². The Morgan fingerprint density at radius 1 is 0.339 bits per heavy atom. The fraction of sp³-hybridized carbons (Fsp3) is 0. The minimum absolute atomic E-state index is 0.586. The molecule has 3 aromatic heterocycles. The van der Waals surface area contributed by atoms with Gasteiger partial charge in [-0.05, 0) is 82.2 Å². The number of benzene rings is 8. The molecule has 0 aliphatic heterocycles. The van der Waals surface area contributed by atoms with Gasteiger partial charge in [0.05, 0.1) is 5.39 Å². The number of oxazole rings is 1. The van der Waals surface area contributed by atoms with Crippen LogP contribution in [0.4, 0.5) is 0 Å². The van der Waals surface area contributed by atoms with Crippen LogP contribution in [0.5, 0.6) is 0 Å². The molecule has 0 unspecified atom stereocenters. The van der Waals surface area contributed by atoms with Gasteiger partial charge in [-0.2, -0.15) is 0 Å². The average molecular weight is 719 g/mol. The van der Waals surface area contributed by atoms with E-state index in [1.807, 2.05) is 84.9 Å². The smallest absolute Gasteiger partial charge is 0.227 e. The molecule has 11 aromatic rings. The van der Waals surface area contributed by atoms with Crippen LogP contribution in [-0.4, -0.2) is 19.9 Å². The Balaban J connectivity index is 1.07. The largest absolute Gasteiger partial charge is 0.455 e. The molecule has 0 N–H and O–H groups in total. The molecule has 0 aliphatic rings. The number of fused-ring (bicyclic) bond motifs is 7. The summed E-state index contributed by atoms with van der Waals surface area (Å²) in [6, 6.07) is 61.9. The highest BCUT2D eigenvalue weighted by Gasteiger charge is 2.20. The van der Waals surface area contributed by atoms with E-state index >= 15 is 0 Å². The van der Waals surface area contributed by atoms with Crippen LogP contribution in [0.2, 0.25) is 0 Å². The molecule has 0 atom stereocenters. The van der Waals surface area contributed by atoms with E-state index in [1.165, 1.54) is 0 Å². The standard InChI is InChI=1S/C50H30N4O2/c1-5-13-31(14-6-1)35-21-25-39(41(30-35)32-15-7-2-8-16-32)49-53-47(33-17-9-3-10-18-33)52-48(54-49)37-23-24-38-36(29-37)22-26-40-44-43(55-45(38)40)28-27-42-46(44)56-50(51-42)34-19-11-4-12-20-34/h1-30H. The summed E-state index contributed by atoms with van der Waals surface area (Å²) in [5.74, 6) is 2.38. The lowest BCUT2D eigenvalue weighted by atomic mass is 9.94. The first-order valence-corrected chi connectivity index (χ1v) is 18.5. The predicted molar refractivity (Wildman–Crippen MR) is 225 cm³/mol. The van der Waals surface area contributed by atoms with Crippen molar-refractivity contribution in [1.29, 1.82) is 0 Å². The van der Waals surface area contributed by atoms with Crippen molar-refractivity contribution < 1.29 is 8.83 Å². The molecule has 56 heavy (non-hydrogen) atoms. The van der Waals surface area contributed by atoms with E-state index in [1.54, 1.807) is 0 Å². The normalized spacial score (nSPS) is 11.6. The molecule has 3 heterocycles. The van der Waals surface area contributed by atoms with Gasteiger partial charge in [0, 0.05) is 33.0 Å². The maximum Gasteiger partial charge on any atom is 0.227 e. The first-order valence-electron chi connectivity index (χ1n) is 18.5. The van der Waals surface area contributed by atoms with Gasteiger partial charge in [0.2, 0.25) is 5.89 Å². The summed E-state index contributed by atoms with van der Waals surface area (Å²) in [5, 5.41) is 3.88. The van der Waals surface area contributed by atoms with Crippen molar-refractivity contribution in [2.75, 3.05) is 0 Å². The Labute approximate surface area is 321 Å². The zero-order chi connectivity index (χ0) is 37.0. The molecule has 0 radical (unpaired) electrons. The zero-order valence-electron chi connectivity index (χ0n) is 29.9. The van der Waals surface area contributed by atoms with Gasteiger partial charge in [-0.3, -0.25) is 0 Å². The van der Waals surface area contributed by atoms with E-state index in [4.69, 9.17) is 28.8 Å². The molecular formula is C50H30N4O2. The highest BCUT2D eigenvalue weighted by molar-refractivity contribution is 6.21. The third kappa shape index (κ3) is 5.43. The van der Waals surface area contributed by atoms with E-state index in [9.17, 15) is 0 Å². The summed E-state index contributed by atoms with van der Waals surface area (Å²) in [7, 11) is 0. The maximum absolute atomic E-state index is 6.56. The highest BCUT2D eigenvalue weighted by Crippen LogP contribution is 2.41. The topological polar surface area (TPSA) is 77.8 Å². The van der Waals surface area contributed by atoms with Crippen LogP contribution >= 0.6 is 0 Å². The van der Waals surface area contributed by atoms with E-state index in [0.29, 0.717) is 28.9 Å². The van der Waals surface area contributed by atoms with Crippen LogP contribution in [0, 0.1) is 0 Å². The van der Waals surface area contributed by atoms with Gasteiger partial charge in [0.1, 0.15) is 16.7 Å². The molecule has 0 saturated carbocycles. The summed E-state index contributed by atoms with van der Waals surface area (Å²) in [6.07, 6.45) is 0. The first kappa shape index (κ1) is 31.8. The molecule has 6 heteroatoms. The number of hydrogen-bond acceptors (Lipinski definition) is 6. The third-order valence-corrected chi connectivity index (χ3v) is 10.4. The minimum atomic E-state index is 0.586. The highest BCUT2D eigenvalue weighted by atomic mass is 16.4. The predicted octanol–water partition coefficient (Wildman–Crippen LogP) is 13.1. The van der Waals surface area contributed by atoms with Gasteiger partial charge in [0.15, 0.2) is 23.1 Å². The Morgan fingerprint density at radius 2 is 0.946 bits per heavy atom. The van der Waals surface area contributed by atoms with Gasteiger partial charge in [-0.1, -0.05) is 127 Å². The molecular weight excluding hydrogens is 689 g/mol. The van der Waals surface area contributed by atoms with E-state index in [-0.39, 0.29) is 0 Å². The number of furan rings is 1. The van der Waals surface area contributed by atoms with E-state index < -0.39 is 0 Å². The van der Waals surface area contributed by atoms with Gasteiger partial charge >= 0.3 is 0 Å². The fourth-order valence-corrected chi connectivity index (χ4v) is 7.62. The summed E-state index contributed by atoms with van der Waals surface area (Å²) in [5.41, 5.74) is 11.1. The summed E-state index contributed by atoms with van der Waals surface area (Å²) >= 11 is 0. The molecule has 0 spiro atoms. The van der Waals surface area contributed by atoms with Crippen molar-refractivity contribution in [3.8, 4) is 67.9 Å². The van der Waals surface area contributed by atoms with Crippen LogP contribution in [-0.2, 0) is 0 Å². The minimum Gasteiger partial charge on any atom is -0.455 e. The molecule has 0 amide bonds. The maximum atomic E-state index is 6.56. The lowest BCUT2D eigenvalue weighted by Crippen LogP contribution is -2.01. The van der Waals surface area contributed by atoms with Crippen molar-refractivity contribution >= 4 is 43.8 Å². The molecule has 262 valence electrons. The van der Waals surface area contributed by atoms with Gasteiger partial charge < -0.3 is 8.83 Å². The monoisotopic (exact) mass is 718 g/mol. The van der Waals surface area contributed by atoms with Crippen molar-refractivity contribution in [2.24, 2.45) is 0 Å². The molecule has 11 rings (SSSR count). The number of rotatable bonds is 6. The Morgan fingerprint density at radius 3 is 1.68 bits per heavy atom. The van der Waals surface area contributed by atoms with Crippen LogP contribution < -0.4 is 0 Å². The second kappa shape index (κ2) is 13.0. The molecule has 8 aromatic carbocycles. The summed E-state index contributed by atoms with van der Waals surface area (Å²) in [4.78, 5) is 20.2. The van der Waals surface area contributed by atoms with Gasteiger partial charge in [0.25, 0.3) is 0 Å². The lowest BCUT2D eigenvalue weighted by molar-refractivity contribution is 0.622. The fourth-order valence-electron chi connectivity index (χ4n) is 7.62. The Bertz CT molecular complexity index is 3230. The summed E-state index contributed by atoms with van der Waals surface area (Å²) < 4.78 is 12.9. The van der Waals surface area contributed by atoms with Gasteiger partial charge in [-0.25, -0.2) is 19.9 Å². The number of aromatic nitrogens is 4. The van der Waals surface area contributed by atoms with Crippen molar-refractivity contribution in [3.05, 3.63) is 182 Å². The number of hydrogen-bond donors (Lipinski definition) is 0. The summed E-state index contributed by atoms with van der Waals surface area (Å²) in [6.45, 7) is 0. The van der Waals surface area contributed by atoms with Crippen molar-refractivity contribution in [2.45, 2.75) is 0 Å². The van der Waals surface area contributed by atoms with Crippen molar-refractivity contribution in [1.82, 2.24) is 19.9 Å². The average Bonchev–Trinajstić information content (AvgIpc) is 3.89. The zero-order valence-corrected chi connectivity index (χ0v) is 29.9. The van der Waals surface area contributed by atoms with Crippen LogP contribution in [0.15, 0.2) is 191 Å². The van der Waals surface area contributed by atoms with Gasteiger partial charge in [-0.15, -0.1) is 0 Å².